The van der Waals surface area contributed by atoms with Gasteiger partial charge in [0.15, 0.2) is 11.6 Å². The summed E-state index contributed by atoms with van der Waals surface area (Å²) in [6, 6.07) is 15.2. The second kappa shape index (κ2) is 5.38. The van der Waals surface area contributed by atoms with Crippen molar-refractivity contribution in [3.05, 3.63) is 71.3 Å². The van der Waals surface area contributed by atoms with E-state index in [1.54, 1.807) is 48.5 Å². The number of rotatable bonds is 4. The summed E-state index contributed by atoms with van der Waals surface area (Å²) < 4.78 is 0. The molecule has 0 fully saturated rings. The number of aliphatic hydroxyl groups is 1. The normalized spacial score (nSPS) is 10.1. The molecule has 2 aromatic rings. The van der Waals surface area contributed by atoms with E-state index in [1.165, 1.54) is 0 Å². The van der Waals surface area contributed by atoms with Crippen molar-refractivity contribution in [1.29, 1.82) is 0 Å². The second-order valence-corrected chi connectivity index (χ2v) is 3.85. The van der Waals surface area contributed by atoms with Gasteiger partial charge in [0, 0.05) is 16.7 Å². The molecule has 0 saturated carbocycles. The van der Waals surface area contributed by atoms with Crippen molar-refractivity contribution in [3.8, 4) is 0 Å². The van der Waals surface area contributed by atoms with Crippen LogP contribution in [0.4, 0.5) is 0 Å². The minimum absolute atomic E-state index is 0.0846. The molecule has 0 amide bonds. The van der Waals surface area contributed by atoms with Crippen LogP contribution in [0.25, 0.3) is 0 Å². The van der Waals surface area contributed by atoms with E-state index in [2.05, 4.69) is 0 Å². The summed E-state index contributed by atoms with van der Waals surface area (Å²) in [5.41, 5.74) is 1.54. The van der Waals surface area contributed by atoms with E-state index in [1.807, 2.05) is 6.07 Å². The lowest BCUT2D eigenvalue weighted by Crippen LogP contribution is -2.06. The van der Waals surface area contributed by atoms with E-state index in [-0.39, 0.29) is 11.6 Å². The molecule has 0 aliphatic heterocycles. The lowest BCUT2D eigenvalue weighted by atomic mass is 10.0. The van der Waals surface area contributed by atoms with Crippen LogP contribution in [-0.4, -0.2) is 23.3 Å². The number of carbonyl (C=O) groups is 2. The van der Waals surface area contributed by atoms with Gasteiger partial charge in [-0.2, -0.15) is 0 Å². The quantitative estimate of drug-likeness (QED) is 0.832. The molecule has 2 rings (SSSR count). The Labute approximate surface area is 105 Å². The molecule has 3 nitrogen and oxygen atoms in total. The van der Waals surface area contributed by atoms with E-state index in [4.69, 9.17) is 5.11 Å². The Balaban J connectivity index is 2.25. The van der Waals surface area contributed by atoms with E-state index < -0.39 is 6.61 Å². The zero-order chi connectivity index (χ0) is 13.0. The molecule has 18 heavy (non-hydrogen) atoms. The summed E-state index contributed by atoms with van der Waals surface area (Å²) in [5, 5.41) is 8.73. The van der Waals surface area contributed by atoms with Gasteiger partial charge in [-0.15, -0.1) is 0 Å². The number of ketones is 2. The summed E-state index contributed by atoms with van der Waals surface area (Å²) >= 11 is 0. The van der Waals surface area contributed by atoms with Gasteiger partial charge in [0.2, 0.25) is 0 Å². The molecular weight excluding hydrogens is 228 g/mol. The van der Waals surface area contributed by atoms with Crippen molar-refractivity contribution >= 4 is 11.6 Å². The lowest BCUT2D eigenvalue weighted by molar-refractivity contribution is 0.0903. The van der Waals surface area contributed by atoms with Gasteiger partial charge in [-0.25, -0.2) is 0 Å². The molecule has 0 heterocycles. The zero-order valence-electron chi connectivity index (χ0n) is 9.67. The first kappa shape index (κ1) is 12.2. The highest BCUT2D eigenvalue weighted by Crippen LogP contribution is 2.11. The minimum Gasteiger partial charge on any atom is -0.388 e. The SMILES string of the molecule is O=C(CO)c1ccc(C(=O)c2ccccc2)cc1. The van der Waals surface area contributed by atoms with E-state index in [0.717, 1.165) is 0 Å². The maximum Gasteiger partial charge on any atom is 0.193 e. The fourth-order valence-corrected chi connectivity index (χ4v) is 1.65. The number of hydrogen-bond donors (Lipinski definition) is 1. The van der Waals surface area contributed by atoms with Crippen molar-refractivity contribution in [2.45, 2.75) is 0 Å². The molecule has 0 spiro atoms. The first-order valence-corrected chi connectivity index (χ1v) is 5.56. The van der Waals surface area contributed by atoms with Crippen molar-refractivity contribution < 1.29 is 14.7 Å². The van der Waals surface area contributed by atoms with Gasteiger partial charge >= 0.3 is 0 Å². The fraction of sp³-hybridized carbons (Fsp3) is 0.0667. The van der Waals surface area contributed by atoms with Gasteiger partial charge in [-0.3, -0.25) is 9.59 Å². The van der Waals surface area contributed by atoms with Crippen LogP contribution in [0, 0.1) is 0 Å². The van der Waals surface area contributed by atoms with Crippen molar-refractivity contribution in [1.82, 2.24) is 0 Å². The van der Waals surface area contributed by atoms with Gasteiger partial charge in [0.05, 0.1) is 0 Å². The maximum absolute atomic E-state index is 12.1. The third-order valence-electron chi connectivity index (χ3n) is 2.65. The van der Waals surface area contributed by atoms with Gasteiger partial charge in [-0.1, -0.05) is 54.6 Å². The molecule has 0 bridgehead atoms. The smallest absolute Gasteiger partial charge is 0.193 e. The summed E-state index contributed by atoms with van der Waals surface area (Å²) in [6.45, 7) is -0.522. The van der Waals surface area contributed by atoms with Gasteiger partial charge < -0.3 is 5.11 Å². The summed E-state index contributed by atoms with van der Waals surface area (Å²) in [4.78, 5) is 23.3. The molecule has 0 unspecified atom stereocenters. The van der Waals surface area contributed by atoms with Crippen LogP contribution in [0.5, 0.6) is 0 Å². The number of aliphatic hydroxyl groups excluding tert-OH is 1. The Morgan fingerprint density at radius 1 is 0.778 bits per heavy atom. The highest BCUT2D eigenvalue weighted by molar-refractivity contribution is 6.09. The lowest BCUT2D eigenvalue weighted by Gasteiger charge is -2.02. The first-order valence-electron chi connectivity index (χ1n) is 5.56. The van der Waals surface area contributed by atoms with E-state index in [0.29, 0.717) is 16.7 Å². The second-order valence-electron chi connectivity index (χ2n) is 3.85. The molecule has 0 radical (unpaired) electrons. The summed E-state index contributed by atoms with van der Waals surface area (Å²) in [5.74, 6) is -0.438. The minimum atomic E-state index is -0.522. The van der Waals surface area contributed by atoms with Crippen LogP contribution in [0.1, 0.15) is 26.3 Å². The highest BCUT2D eigenvalue weighted by atomic mass is 16.3. The third kappa shape index (κ3) is 2.52. The van der Waals surface area contributed by atoms with Crippen LogP contribution in [-0.2, 0) is 0 Å². The van der Waals surface area contributed by atoms with Crippen molar-refractivity contribution in [2.24, 2.45) is 0 Å². The van der Waals surface area contributed by atoms with Crippen LogP contribution < -0.4 is 0 Å². The fourth-order valence-electron chi connectivity index (χ4n) is 1.65. The third-order valence-corrected chi connectivity index (χ3v) is 2.65. The monoisotopic (exact) mass is 240 g/mol. The van der Waals surface area contributed by atoms with Gasteiger partial charge in [-0.05, 0) is 0 Å². The van der Waals surface area contributed by atoms with Crippen molar-refractivity contribution in [2.75, 3.05) is 6.61 Å². The van der Waals surface area contributed by atoms with E-state index in [9.17, 15) is 9.59 Å². The number of carbonyl (C=O) groups excluding carboxylic acids is 2. The number of Topliss-reactive ketones (excluding diaryl/α,β-unsaturated/α-hetero) is 1. The summed E-state index contributed by atoms with van der Waals surface area (Å²) in [7, 11) is 0. The standard InChI is InChI=1S/C15H12O3/c16-10-14(17)11-6-8-13(9-7-11)15(18)12-4-2-1-3-5-12/h1-9,16H,10H2. The molecule has 3 heteroatoms. The molecule has 0 aromatic heterocycles. The summed E-state index contributed by atoms with van der Waals surface area (Å²) in [6.07, 6.45) is 0. The predicted molar refractivity (Wildman–Crippen MR) is 67.7 cm³/mol. The molecule has 2 aromatic carbocycles. The molecule has 1 N–H and O–H groups in total. The van der Waals surface area contributed by atoms with E-state index >= 15 is 0 Å². The highest BCUT2D eigenvalue weighted by Gasteiger charge is 2.09. The Bertz CT molecular complexity index is 556. The number of benzene rings is 2. The first-order chi connectivity index (χ1) is 8.72. The van der Waals surface area contributed by atoms with Gasteiger partial charge in [0.25, 0.3) is 0 Å². The van der Waals surface area contributed by atoms with Crippen LogP contribution in [0.3, 0.4) is 0 Å². The Kier molecular flexibility index (Phi) is 3.65. The van der Waals surface area contributed by atoms with Crippen LogP contribution in [0.15, 0.2) is 54.6 Å². The molecular formula is C15H12O3. The number of hydrogen-bond acceptors (Lipinski definition) is 3. The molecule has 0 atom stereocenters. The molecule has 0 aliphatic rings. The van der Waals surface area contributed by atoms with Crippen LogP contribution in [0.2, 0.25) is 0 Å². The Morgan fingerprint density at radius 3 is 1.83 bits per heavy atom. The Hall–Kier alpha value is -2.26. The molecule has 90 valence electrons. The predicted octanol–water partition coefficient (Wildman–Crippen LogP) is 2.09. The zero-order valence-corrected chi connectivity index (χ0v) is 9.67. The molecule has 0 saturated heterocycles. The average Bonchev–Trinajstić information content (AvgIpc) is 2.47. The topological polar surface area (TPSA) is 54.4 Å². The Morgan fingerprint density at radius 2 is 1.28 bits per heavy atom. The maximum atomic E-state index is 12.1. The largest absolute Gasteiger partial charge is 0.388 e. The van der Waals surface area contributed by atoms with Gasteiger partial charge in [0.1, 0.15) is 6.61 Å². The van der Waals surface area contributed by atoms with Crippen molar-refractivity contribution in [3.63, 3.8) is 0 Å². The molecule has 0 aliphatic carbocycles. The average molecular weight is 240 g/mol. The van der Waals surface area contributed by atoms with Crippen LogP contribution >= 0.6 is 0 Å².